The molecule has 2 aromatic rings. The SMILES string of the molecule is Cc1ccc([PH](Cl)(C(C)(C)C)C(C)(C)[PH](c2ccc(C)cc2)(C(C)(C)C)C(C)(C)C)cc1. The van der Waals surface area contributed by atoms with Crippen LogP contribution in [0.2, 0.25) is 0 Å². The number of benzene rings is 2. The number of rotatable bonds is 4. The maximum atomic E-state index is 8.24. The maximum absolute atomic E-state index is 8.24. The van der Waals surface area contributed by atoms with Gasteiger partial charge in [-0.3, -0.25) is 0 Å². The fourth-order valence-corrected chi connectivity index (χ4v) is 29.0. The number of hydrogen-bond acceptors (Lipinski definition) is 0. The van der Waals surface area contributed by atoms with Crippen molar-refractivity contribution in [3.05, 3.63) is 59.7 Å². The van der Waals surface area contributed by atoms with E-state index in [-0.39, 0.29) is 20.4 Å². The first kappa shape index (κ1) is 27.8. The van der Waals surface area contributed by atoms with E-state index in [1.54, 1.807) is 5.30 Å². The molecule has 182 valence electrons. The van der Waals surface area contributed by atoms with Crippen molar-refractivity contribution < 1.29 is 0 Å². The van der Waals surface area contributed by atoms with Crippen LogP contribution in [0.15, 0.2) is 48.5 Å². The van der Waals surface area contributed by atoms with Gasteiger partial charge in [0.25, 0.3) is 0 Å². The predicted octanol–water partition coefficient (Wildman–Crippen LogP) is 9.04. The van der Waals surface area contributed by atoms with E-state index in [1.165, 1.54) is 16.4 Å². The van der Waals surface area contributed by atoms with E-state index in [2.05, 4.69) is 139 Å². The van der Waals surface area contributed by atoms with Gasteiger partial charge in [0.1, 0.15) is 0 Å². The molecular weight excluding hydrogens is 446 g/mol. The summed E-state index contributed by atoms with van der Waals surface area (Å²) in [7, 11) is -2.34. The molecule has 0 radical (unpaired) electrons. The summed E-state index contributed by atoms with van der Waals surface area (Å²) in [6.45, 7) is 28.9. The van der Waals surface area contributed by atoms with Crippen LogP contribution in [-0.2, 0) is 0 Å². The number of halogens is 1. The first-order valence-electron chi connectivity index (χ1n) is 12.1. The Morgan fingerprint density at radius 1 is 0.500 bits per heavy atom. The normalized spacial score (nSPS) is 15.6. The first-order valence-corrected chi connectivity index (χ1v) is 17.1. The molecule has 0 aliphatic carbocycles. The average molecular weight is 495 g/mol. The van der Waals surface area contributed by atoms with Crippen LogP contribution in [0.5, 0.6) is 0 Å². The zero-order valence-electron chi connectivity index (χ0n) is 23.0. The molecule has 2 aromatic carbocycles. The topological polar surface area (TPSA) is 0 Å². The Bertz CT molecular complexity index is 906. The zero-order chi connectivity index (χ0) is 25.0. The van der Waals surface area contributed by atoms with Crippen LogP contribution >= 0.6 is 25.1 Å². The second-order valence-corrected chi connectivity index (χ2v) is 26.7. The van der Waals surface area contributed by atoms with E-state index < -0.39 is 13.9 Å². The van der Waals surface area contributed by atoms with Crippen LogP contribution in [0.4, 0.5) is 0 Å². The Balaban J connectivity index is 3.10. The molecule has 0 aliphatic rings. The van der Waals surface area contributed by atoms with E-state index in [0.717, 1.165) is 0 Å². The van der Waals surface area contributed by atoms with Crippen LogP contribution in [-0.4, -0.2) is 20.4 Å². The molecule has 0 aromatic heterocycles. The van der Waals surface area contributed by atoms with Crippen molar-refractivity contribution in [2.24, 2.45) is 0 Å². The third-order valence-corrected chi connectivity index (χ3v) is 27.0. The Morgan fingerprint density at radius 3 is 1.09 bits per heavy atom. The second kappa shape index (κ2) is 8.67. The van der Waals surface area contributed by atoms with Crippen molar-refractivity contribution in [1.29, 1.82) is 0 Å². The molecule has 0 spiro atoms. The van der Waals surface area contributed by atoms with Crippen LogP contribution < -0.4 is 10.6 Å². The van der Waals surface area contributed by atoms with Gasteiger partial charge in [0.2, 0.25) is 0 Å². The minimum absolute atomic E-state index is 0.00718. The molecule has 32 heavy (non-hydrogen) atoms. The predicted molar refractivity (Wildman–Crippen MR) is 157 cm³/mol. The number of hydrogen-bond donors (Lipinski definition) is 0. The quantitative estimate of drug-likeness (QED) is 0.372. The third-order valence-electron chi connectivity index (χ3n) is 8.02. The van der Waals surface area contributed by atoms with Gasteiger partial charge >= 0.3 is 206 Å². The van der Waals surface area contributed by atoms with Crippen molar-refractivity contribution in [2.45, 2.75) is 110 Å². The molecule has 0 amide bonds. The Hall–Kier alpha value is -0.410. The monoisotopic (exact) mass is 494 g/mol. The molecule has 0 unspecified atom stereocenters. The molecule has 0 nitrogen and oxygen atoms in total. The van der Waals surface area contributed by atoms with Gasteiger partial charge in [0, 0.05) is 0 Å². The first-order chi connectivity index (χ1) is 14.2. The summed E-state index contributed by atoms with van der Waals surface area (Å²) in [6, 6.07) is 18.7. The van der Waals surface area contributed by atoms with Crippen molar-refractivity contribution in [2.75, 3.05) is 0 Å². The molecule has 0 saturated carbocycles. The molecular formula is C29H49ClP2. The van der Waals surface area contributed by atoms with Crippen molar-refractivity contribution in [1.82, 2.24) is 0 Å². The van der Waals surface area contributed by atoms with Crippen LogP contribution in [0.3, 0.4) is 0 Å². The van der Waals surface area contributed by atoms with Crippen molar-refractivity contribution in [3.63, 3.8) is 0 Å². The van der Waals surface area contributed by atoms with E-state index >= 15 is 0 Å². The summed E-state index contributed by atoms with van der Waals surface area (Å²) < 4.78 is 0. The van der Waals surface area contributed by atoms with Crippen LogP contribution in [0.25, 0.3) is 0 Å². The second-order valence-electron chi connectivity index (χ2n) is 13.5. The van der Waals surface area contributed by atoms with E-state index in [0.29, 0.717) is 0 Å². The minimum atomic E-state index is -2.60. The van der Waals surface area contributed by atoms with E-state index in [9.17, 15) is 0 Å². The molecule has 0 heterocycles. The van der Waals surface area contributed by atoms with Gasteiger partial charge in [-0.1, -0.05) is 0 Å². The summed E-state index contributed by atoms with van der Waals surface area (Å²) in [5, 5.41) is 3.15. The fourth-order valence-electron chi connectivity index (χ4n) is 7.80. The molecule has 2 rings (SSSR count). The summed E-state index contributed by atoms with van der Waals surface area (Å²) in [4.78, 5) is -0.0409. The van der Waals surface area contributed by atoms with E-state index in [4.69, 9.17) is 11.2 Å². The molecule has 3 heteroatoms. The van der Waals surface area contributed by atoms with Gasteiger partial charge in [0.15, 0.2) is 0 Å². The molecule has 0 N–H and O–H groups in total. The van der Waals surface area contributed by atoms with Crippen LogP contribution in [0.1, 0.15) is 87.3 Å². The number of aryl methyl sites for hydroxylation is 2. The Labute approximate surface area is 205 Å². The molecule has 0 fully saturated rings. The molecule has 0 saturated heterocycles. The van der Waals surface area contributed by atoms with Crippen LogP contribution in [0, 0.1) is 13.8 Å². The zero-order valence-corrected chi connectivity index (χ0v) is 25.8. The van der Waals surface area contributed by atoms with Gasteiger partial charge in [-0.15, -0.1) is 0 Å². The molecule has 0 atom stereocenters. The van der Waals surface area contributed by atoms with Crippen molar-refractivity contribution >= 4 is 35.7 Å². The molecule has 0 bridgehead atoms. The average Bonchev–Trinajstić information content (AvgIpc) is 2.60. The van der Waals surface area contributed by atoms with Crippen molar-refractivity contribution in [3.8, 4) is 0 Å². The van der Waals surface area contributed by atoms with Gasteiger partial charge in [0.05, 0.1) is 0 Å². The fraction of sp³-hybridized carbons (Fsp3) is 0.586. The van der Waals surface area contributed by atoms with Gasteiger partial charge in [-0.25, -0.2) is 0 Å². The standard InChI is InChI=1S/C29H49ClP2/c1-22-14-18-24(19-15-22)31(26(3,4)5,27(6,7)8)29(12,13)32(30,28(9,10)11)25-20-16-23(2)17-21-25/h14-21,31-32H,1-13H3. The van der Waals surface area contributed by atoms with Gasteiger partial charge in [-0.2, -0.15) is 0 Å². The summed E-state index contributed by atoms with van der Waals surface area (Å²) >= 11 is 8.24. The Morgan fingerprint density at radius 2 is 0.812 bits per heavy atom. The summed E-state index contributed by atoms with van der Waals surface area (Å²) in [5.74, 6) is 0. The van der Waals surface area contributed by atoms with E-state index in [1.807, 2.05) is 0 Å². The molecule has 0 aliphatic heterocycles. The summed E-state index contributed by atoms with van der Waals surface area (Å²) in [5.41, 5.74) is 2.61. The van der Waals surface area contributed by atoms with Gasteiger partial charge in [-0.05, 0) is 0 Å². The summed E-state index contributed by atoms with van der Waals surface area (Å²) in [6.07, 6.45) is 0. The Kier molecular flexibility index (Phi) is 7.54. The third kappa shape index (κ3) is 4.12. The van der Waals surface area contributed by atoms with Gasteiger partial charge < -0.3 is 0 Å².